The standard InChI is InChI=1S/C11H21N3O3S/c1-3-12-11(15)13-8-6-9-4-5-10(7-8)14(9)18(2,16)17/h8-10H,3-7H2,1-2H3,(H2,12,13,15). The van der Waals surface area contributed by atoms with Crippen LogP contribution in [0.5, 0.6) is 0 Å². The third-order valence-corrected chi connectivity index (χ3v) is 5.08. The highest BCUT2D eigenvalue weighted by atomic mass is 32.2. The van der Waals surface area contributed by atoms with Gasteiger partial charge in [-0.05, 0) is 32.6 Å². The molecule has 0 spiro atoms. The number of hydrogen-bond donors (Lipinski definition) is 2. The van der Waals surface area contributed by atoms with E-state index in [2.05, 4.69) is 10.6 Å². The molecular weight excluding hydrogens is 254 g/mol. The Balaban J connectivity index is 1.98. The average molecular weight is 275 g/mol. The highest BCUT2D eigenvalue weighted by Gasteiger charge is 2.45. The summed E-state index contributed by atoms with van der Waals surface area (Å²) in [6, 6.07) is 0.0538. The number of fused-ring (bicyclic) bond motifs is 2. The van der Waals surface area contributed by atoms with E-state index in [1.54, 1.807) is 4.31 Å². The van der Waals surface area contributed by atoms with Crippen LogP contribution in [-0.4, -0.2) is 49.7 Å². The second-order valence-corrected chi connectivity index (χ2v) is 7.04. The molecule has 2 bridgehead atoms. The lowest BCUT2D eigenvalue weighted by Crippen LogP contribution is -2.53. The van der Waals surface area contributed by atoms with Crippen molar-refractivity contribution < 1.29 is 13.2 Å². The summed E-state index contributed by atoms with van der Waals surface area (Å²) in [5.74, 6) is 0. The van der Waals surface area contributed by atoms with Crippen LogP contribution in [0.2, 0.25) is 0 Å². The molecular formula is C11H21N3O3S. The second-order valence-electron chi connectivity index (χ2n) is 5.15. The fourth-order valence-corrected chi connectivity index (χ4v) is 4.66. The van der Waals surface area contributed by atoms with Gasteiger partial charge in [0, 0.05) is 24.7 Å². The first-order chi connectivity index (χ1) is 8.41. The van der Waals surface area contributed by atoms with Crippen molar-refractivity contribution in [2.75, 3.05) is 12.8 Å². The monoisotopic (exact) mass is 275 g/mol. The summed E-state index contributed by atoms with van der Waals surface area (Å²) in [6.07, 6.45) is 4.54. The van der Waals surface area contributed by atoms with E-state index in [1.807, 2.05) is 6.92 Å². The summed E-state index contributed by atoms with van der Waals surface area (Å²) in [4.78, 5) is 11.5. The summed E-state index contributed by atoms with van der Waals surface area (Å²) in [5, 5.41) is 5.62. The van der Waals surface area contributed by atoms with E-state index in [4.69, 9.17) is 0 Å². The van der Waals surface area contributed by atoms with Gasteiger partial charge in [0.05, 0.1) is 6.26 Å². The highest BCUT2D eigenvalue weighted by molar-refractivity contribution is 7.88. The lowest BCUT2D eigenvalue weighted by atomic mass is 10.00. The van der Waals surface area contributed by atoms with Crippen LogP contribution < -0.4 is 10.6 Å². The normalized spacial score (nSPS) is 32.2. The number of sulfonamides is 1. The summed E-state index contributed by atoms with van der Waals surface area (Å²) >= 11 is 0. The van der Waals surface area contributed by atoms with Gasteiger partial charge in [0.1, 0.15) is 0 Å². The molecule has 2 rings (SSSR count). The van der Waals surface area contributed by atoms with Crippen LogP contribution in [0.1, 0.15) is 32.6 Å². The van der Waals surface area contributed by atoms with Gasteiger partial charge in [-0.3, -0.25) is 0 Å². The van der Waals surface area contributed by atoms with Crippen molar-refractivity contribution in [1.29, 1.82) is 0 Å². The first-order valence-electron chi connectivity index (χ1n) is 6.44. The predicted molar refractivity (Wildman–Crippen MR) is 68.7 cm³/mol. The third-order valence-electron chi connectivity index (χ3n) is 3.72. The van der Waals surface area contributed by atoms with E-state index in [1.165, 1.54) is 6.26 Å². The van der Waals surface area contributed by atoms with Crippen molar-refractivity contribution in [2.24, 2.45) is 0 Å². The first-order valence-corrected chi connectivity index (χ1v) is 8.29. The zero-order chi connectivity index (χ0) is 13.3. The quantitative estimate of drug-likeness (QED) is 0.775. The Kier molecular flexibility index (Phi) is 3.82. The molecule has 2 atom stereocenters. The molecule has 0 aromatic rings. The minimum atomic E-state index is -3.12. The molecule has 7 heteroatoms. The van der Waals surface area contributed by atoms with Crippen molar-refractivity contribution in [1.82, 2.24) is 14.9 Å². The Labute approximate surface area is 108 Å². The zero-order valence-corrected chi connectivity index (χ0v) is 11.7. The smallest absolute Gasteiger partial charge is 0.314 e. The number of hydrogen-bond acceptors (Lipinski definition) is 3. The van der Waals surface area contributed by atoms with E-state index >= 15 is 0 Å². The van der Waals surface area contributed by atoms with E-state index in [0.29, 0.717) is 6.54 Å². The molecule has 6 nitrogen and oxygen atoms in total. The van der Waals surface area contributed by atoms with Crippen molar-refractivity contribution >= 4 is 16.1 Å². The van der Waals surface area contributed by atoms with Gasteiger partial charge in [-0.25, -0.2) is 13.2 Å². The Hall–Kier alpha value is -0.820. The molecule has 2 aliphatic rings. The van der Waals surface area contributed by atoms with Crippen molar-refractivity contribution in [3.63, 3.8) is 0 Å². The maximum absolute atomic E-state index is 11.7. The maximum Gasteiger partial charge on any atom is 0.314 e. The molecule has 0 radical (unpaired) electrons. The Morgan fingerprint density at radius 2 is 1.83 bits per heavy atom. The molecule has 2 saturated heterocycles. The van der Waals surface area contributed by atoms with Gasteiger partial charge in [-0.1, -0.05) is 0 Å². The number of urea groups is 1. The van der Waals surface area contributed by atoms with Crippen LogP contribution in [0.3, 0.4) is 0 Å². The number of rotatable bonds is 3. The van der Waals surface area contributed by atoms with Gasteiger partial charge in [0.2, 0.25) is 10.0 Å². The molecule has 2 aliphatic heterocycles. The molecule has 2 amide bonds. The first kappa shape index (κ1) is 13.6. The minimum absolute atomic E-state index is 0.0608. The Bertz CT molecular complexity index is 409. The number of piperidine rings is 1. The largest absolute Gasteiger partial charge is 0.338 e. The fraction of sp³-hybridized carbons (Fsp3) is 0.909. The minimum Gasteiger partial charge on any atom is -0.338 e. The van der Waals surface area contributed by atoms with Crippen LogP contribution in [0.4, 0.5) is 4.79 Å². The number of nitrogens with one attached hydrogen (secondary N) is 2. The lowest BCUT2D eigenvalue weighted by Gasteiger charge is -2.37. The van der Waals surface area contributed by atoms with Crippen LogP contribution >= 0.6 is 0 Å². The molecule has 18 heavy (non-hydrogen) atoms. The molecule has 2 unspecified atom stereocenters. The van der Waals surface area contributed by atoms with Gasteiger partial charge in [0.15, 0.2) is 0 Å². The van der Waals surface area contributed by atoms with E-state index < -0.39 is 10.0 Å². The number of nitrogens with zero attached hydrogens (tertiary/aromatic N) is 1. The van der Waals surface area contributed by atoms with Gasteiger partial charge >= 0.3 is 6.03 Å². The Morgan fingerprint density at radius 1 is 1.28 bits per heavy atom. The van der Waals surface area contributed by atoms with Gasteiger partial charge in [-0.2, -0.15) is 4.31 Å². The molecule has 104 valence electrons. The number of amides is 2. The van der Waals surface area contributed by atoms with Gasteiger partial charge in [0.25, 0.3) is 0 Å². The molecule has 0 saturated carbocycles. The maximum atomic E-state index is 11.7. The molecule has 2 heterocycles. The van der Waals surface area contributed by atoms with Gasteiger partial charge < -0.3 is 10.6 Å². The Morgan fingerprint density at radius 3 is 2.28 bits per heavy atom. The molecule has 0 aliphatic carbocycles. The number of carbonyl (C=O) groups excluding carboxylic acids is 1. The third kappa shape index (κ3) is 2.77. The van der Waals surface area contributed by atoms with Crippen molar-refractivity contribution in [3.05, 3.63) is 0 Å². The summed E-state index contributed by atoms with van der Waals surface area (Å²) < 4.78 is 25.1. The zero-order valence-electron chi connectivity index (χ0n) is 10.8. The molecule has 2 N–H and O–H groups in total. The summed E-state index contributed by atoms with van der Waals surface area (Å²) in [5.41, 5.74) is 0. The number of carbonyl (C=O) groups is 1. The van der Waals surface area contributed by atoms with Crippen LogP contribution in [0.25, 0.3) is 0 Å². The molecule has 2 fully saturated rings. The van der Waals surface area contributed by atoms with Crippen LogP contribution in [0.15, 0.2) is 0 Å². The topological polar surface area (TPSA) is 78.5 Å². The van der Waals surface area contributed by atoms with Crippen molar-refractivity contribution in [2.45, 2.75) is 50.7 Å². The van der Waals surface area contributed by atoms with Crippen molar-refractivity contribution in [3.8, 4) is 0 Å². The molecule has 0 aromatic carbocycles. The summed E-state index contributed by atoms with van der Waals surface area (Å²) in [7, 11) is -3.12. The lowest BCUT2D eigenvalue weighted by molar-refractivity contribution is 0.199. The van der Waals surface area contributed by atoms with E-state index in [-0.39, 0.29) is 24.2 Å². The fourth-order valence-electron chi connectivity index (χ4n) is 3.19. The van der Waals surface area contributed by atoms with E-state index in [9.17, 15) is 13.2 Å². The second kappa shape index (κ2) is 5.05. The molecule has 0 aromatic heterocycles. The summed E-state index contributed by atoms with van der Waals surface area (Å²) in [6.45, 7) is 2.47. The predicted octanol–water partition coefficient (Wildman–Crippen LogP) is 0.261. The highest BCUT2D eigenvalue weighted by Crippen LogP contribution is 2.37. The van der Waals surface area contributed by atoms with E-state index in [0.717, 1.165) is 25.7 Å². The van der Waals surface area contributed by atoms with Gasteiger partial charge in [-0.15, -0.1) is 0 Å². The SMILES string of the molecule is CCNC(=O)NC1CC2CCC(C1)N2S(C)(=O)=O. The average Bonchev–Trinajstić information content (AvgIpc) is 2.51. The van der Waals surface area contributed by atoms with Crippen LogP contribution in [-0.2, 0) is 10.0 Å². The van der Waals surface area contributed by atoms with Crippen LogP contribution in [0, 0.1) is 0 Å².